The molecule has 2 aromatic heterocycles. The van der Waals surface area contributed by atoms with Crippen LogP contribution < -0.4 is 14.8 Å². The molecule has 0 bridgehead atoms. The highest BCUT2D eigenvalue weighted by Crippen LogP contribution is 2.31. The van der Waals surface area contributed by atoms with Gasteiger partial charge in [-0.25, -0.2) is 9.50 Å². The van der Waals surface area contributed by atoms with Crippen molar-refractivity contribution >= 4 is 17.4 Å². The number of carbonyl (C=O) groups excluding carboxylic acids is 1. The van der Waals surface area contributed by atoms with Gasteiger partial charge in [-0.1, -0.05) is 12.1 Å². The van der Waals surface area contributed by atoms with Gasteiger partial charge in [-0.15, -0.1) is 5.10 Å². The Balaban J connectivity index is 1.53. The molecule has 2 aromatic carbocycles. The van der Waals surface area contributed by atoms with Gasteiger partial charge in [0.15, 0.2) is 5.75 Å². The standard InChI is InChI=1S/C24H22F3N5O3/c1-4-34-16-9-11-17(12-10-16)35-20-8-6-5-7-19(20)29-21(33)13-18-14(2)28-23-30-22(24(25,26)27)31-32(23)15(18)3/h5-12H,4,13H2,1-3H3,(H,29,33). The SMILES string of the molecule is CCOc1ccc(Oc2ccccc2NC(=O)Cc2c(C)nc3nc(C(F)(F)F)nn3c2C)cc1. The van der Waals surface area contributed by atoms with Crippen molar-refractivity contribution in [3.63, 3.8) is 0 Å². The second-order valence-electron chi connectivity index (χ2n) is 7.63. The van der Waals surface area contributed by atoms with Crippen LogP contribution in [0.15, 0.2) is 48.5 Å². The summed E-state index contributed by atoms with van der Waals surface area (Å²) in [6.07, 6.45) is -4.82. The monoisotopic (exact) mass is 485 g/mol. The summed E-state index contributed by atoms with van der Waals surface area (Å²) < 4.78 is 51.4. The van der Waals surface area contributed by atoms with Crippen molar-refractivity contribution in [2.24, 2.45) is 0 Å². The number of fused-ring (bicyclic) bond motifs is 1. The van der Waals surface area contributed by atoms with Gasteiger partial charge in [0, 0.05) is 17.0 Å². The average molecular weight is 485 g/mol. The number of nitrogens with one attached hydrogen (secondary N) is 1. The number of halogens is 3. The molecule has 11 heteroatoms. The van der Waals surface area contributed by atoms with E-state index < -0.39 is 17.9 Å². The minimum Gasteiger partial charge on any atom is -0.494 e. The Kier molecular flexibility index (Phi) is 6.59. The number of aryl methyl sites for hydroxylation is 2. The van der Waals surface area contributed by atoms with Crippen molar-refractivity contribution in [1.82, 2.24) is 19.6 Å². The summed E-state index contributed by atoms with van der Waals surface area (Å²) in [5.41, 5.74) is 1.64. The number of hydrogen-bond donors (Lipinski definition) is 1. The van der Waals surface area contributed by atoms with Gasteiger partial charge in [-0.2, -0.15) is 18.2 Å². The second-order valence-corrected chi connectivity index (χ2v) is 7.63. The summed E-state index contributed by atoms with van der Waals surface area (Å²) in [6, 6.07) is 14.0. The van der Waals surface area contributed by atoms with E-state index in [4.69, 9.17) is 9.47 Å². The van der Waals surface area contributed by atoms with E-state index in [-0.39, 0.29) is 12.2 Å². The van der Waals surface area contributed by atoms with Crippen molar-refractivity contribution in [1.29, 1.82) is 0 Å². The topological polar surface area (TPSA) is 90.6 Å². The first-order valence-corrected chi connectivity index (χ1v) is 10.8. The average Bonchev–Trinajstić information content (AvgIpc) is 3.24. The molecular weight excluding hydrogens is 463 g/mol. The minimum absolute atomic E-state index is 0.126. The number of hydrogen-bond acceptors (Lipinski definition) is 6. The summed E-state index contributed by atoms with van der Waals surface area (Å²) in [6.45, 7) is 5.63. The van der Waals surface area contributed by atoms with Crippen LogP contribution in [0, 0.1) is 13.8 Å². The Bertz CT molecular complexity index is 1370. The molecule has 0 fully saturated rings. The van der Waals surface area contributed by atoms with Crippen LogP contribution >= 0.6 is 0 Å². The molecular formula is C24H22F3N5O3. The molecule has 8 nitrogen and oxygen atoms in total. The Morgan fingerprint density at radius 1 is 1.03 bits per heavy atom. The predicted octanol–water partition coefficient (Wildman–Crippen LogP) is 5.13. The molecule has 0 unspecified atom stereocenters. The Morgan fingerprint density at radius 2 is 1.71 bits per heavy atom. The molecule has 2 heterocycles. The lowest BCUT2D eigenvalue weighted by atomic mass is 10.1. The van der Waals surface area contributed by atoms with Gasteiger partial charge in [-0.05, 0) is 57.2 Å². The summed E-state index contributed by atoms with van der Waals surface area (Å²) >= 11 is 0. The van der Waals surface area contributed by atoms with Crippen molar-refractivity contribution < 1.29 is 27.4 Å². The molecule has 1 N–H and O–H groups in total. The van der Waals surface area contributed by atoms with Crippen LogP contribution in [0.2, 0.25) is 0 Å². The van der Waals surface area contributed by atoms with Crippen LogP contribution in [-0.2, 0) is 17.4 Å². The Hall–Kier alpha value is -4.15. The fraction of sp³-hybridized carbons (Fsp3) is 0.250. The van der Waals surface area contributed by atoms with E-state index in [0.29, 0.717) is 46.5 Å². The number of nitrogens with zero attached hydrogens (tertiary/aromatic N) is 4. The van der Waals surface area contributed by atoms with E-state index in [2.05, 4.69) is 20.4 Å². The maximum atomic E-state index is 13.0. The predicted molar refractivity (Wildman–Crippen MR) is 122 cm³/mol. The quantitative estimate of drug-likeness (QED) is 0.390. The van der Waals surface area contributed by atoms with E-state index in [1.807, 2.05) is 6.92 Å². The van der Waals surface area contributed by atoms with Crippen LogP contribution in [0.25, 0.3) is 5.78 Å². The third kappa shape index (κ3) is 5.34. The molecule has 4 rings (SSSR count). The molecule has 0 spiro atoms. The summed E-state index contributed by atoms with van der Waals surface area (Å²) in [5, 5.41) is 6.31. The maximum Gasteiger partial charge on any atom is 0.453 e. The molecule has 0 saturated heterocycles. The molecule has 35 heavy (non-hydrogen) atoms. The van der Waals surface area contributed by atoms with Gasteiger partial charge >= 0.3 is 6.18 Å². The minimum atomic E-state index is -4.70. The summed E-state index contributed by atoms with van der Waals surface area (Å²) in [7, 11) is 0. The first-order valence-electron chi connectivity index (χ1n) is 10.8. The van der Waals surface area contributed by atoms with Crippen molar-refractivity contribution in [3.05, 3.63) is 71.3 Å². The fourth-order valence-electron chi connectivity index (χ4n) is 3.50. The first-order chi connectivity index (χ1) is 16.7. The Labute approximate surface area is 198 Å². The molecule has 0 aliphatic heterocycles. The van der Waals surface area contributed by atoms with E-state index >= 15 is 0 Å². The lowest BCUT2D eigenvalue weighted by molar-refractivity contribution is -0.144. The highest BCUT2D eigenvalue weighted by atomic mass is 19.4. The summed E-state index contributed by atoms with van der Waals surface area (Å²) in [5.74, 6) is -0.148. The molecule has 4 aromatic rings. The highest BCUT2D eigenvalue weighted by Gasteiger charge is 2.37. The maximum absolute atomic E-state index is 13.0. The number of benzene rings is 2. The molecule has 182 valence electrons. The third-order valence-corrected chi connectivity index (χ3v) is 5.16. The number of rotatable bonds is 7. The summed E-state index contributed by atoms with van der Waals surface area (Å²) in [4.78, 5) is 20.4. The zero-order chi connectivity index (χ0) is 25.2. The van der Waals surface area contributed by atoms with Gasteiger partial charge in [0.25, 0.3) is 11.6 Å². The van der Waals surface area contributed by atoms with Crippen LogP contribution in [0.4, 0.5) is 18.9 Å². The first kappa shape index (κ1) is 24.0. The van der Waals surface area contributed by atoms with Gasteiger partial charge in [0.1, 0.15) is 11.5 Å². The van der Waals surface area contributed by atoms with Crippen molar-refractivity contribution in [2.75, 3.05) is 11.9 Å². The second kappa shape index (κ2) is 9.61. The molecule has 0 radical (unpaired) electrons. The molecule has 1 amide bonds. The number of para-hydroxylation sites is 2. The fourth-order valence-corrected chi connectivity index (χ4v) is 3.50. The zero-order valence-electron chi connectivity index (χ0n) is 19.2. The van der Waals surface area contributed by atoms with E-state index in [0.717, 1.165) is 4.52 Å². The number of ether oxygens (including phenoxy) is 2. The highest BCUT2D eigenvalue weighted by molar-refractivity contribution is 5.94. The number of aromatic nitrogens is 4. The van der Waals surface area contributed by atoms with Crippen molar-refractivity contribution in [3.8, 4) is 17.2 Å². The number of amides is 1. The number of alkyl halides is 3. The van der Waals surface area contributed by atoms with E-state index in [1.165, 1.54) is 0 Å². The number of anilines is 1. The number of carbonyl (C=O) groups is 1. The third-order valence-electron chi connectivity index (χ3n) is 5.16. The van der Waals surface area contributed by atoms with Crippen molar-refractivity contribution in [2.45, 2.75) is 33.4 Å². The molecule has 0 aliphatic carbocycles. The van der Waals surface area contributed by atoms with Gasteiger partial charge < -0.3 is 14.8 Å². The normalized spacial score (nSPS) is 11.5. The van der Waals surface area contributed by atoms with Crippen LogP contribution in [0.3, 0.4) is 0 Å². The largest absolute Gasteiger partial charge is 0.494 e. The van der Waals surface area contributed by atoms with Crippen LogP contribution in [-0.4, -0.2) is 32.1 Å². The lowest BCUT2D eigenvalue weighted by Crippen LogP contribution is -2.18. The Morgan fingerprint density at radius 3 is 2.40 bits per heavy atom. The molecule has 0 aliphatic rings. The van der Waals surface area contributed by atoms with Crippen LogP contribution in [0.1, 0.15) is 29.7 Å². The molecule has 0 atom stereocenters. The van der Waals surface area contributed by atoms with E-state index in [9.17, 15) is 18.0 Å². The van der Waals surface area contributed by atoms with Gasteiger partial charge in [0.05, 0.1) is 18.7 Å². The smallest absolute Gasteiger partial charge is 0.453 e. The zero-order valence-corrected chi connectivity index (χ0v) is 19.2. The van der Waals surface area contributed by atoms with Gasteiger partial charge in [-0.3, -0.25) is 4.79 Å². The van der Waals surface area contributed by atoms with Gasteiger partial charge in [0.2, 0.25) is 5.91 Å². The van der Waals surface area contributed by atoms with Crippen LogP contribution in [0.5, 0.6) is 17.2 Å². The van der Waals surface area contributed by atoms with E-state index in [1.54, 1.807) is 62.4 Å². The lowest BCUT2D eigenvalue weighted by Gasteiger charge is -2.14. The molecule has 0 saturated carbocycles.